The van der Waals surface area contributed by atoms with Crippen LogP contribution < -0.4 is 10.5 Å². The summed E-state index contributed by atoms with van der Waals surface area (Å²) in [4.78, 5) is -0.557. The fourth-order valence-electron chi connectivity index (χ4n) is 1.63. The van der Waals surface area contributed by atoms with E-state index in [0.29, 0.717) is 0 Å². The molecule has 4 nitrogen and oxygen atoms in total. The monoisotopic (exact) mass is 314 g/mol. The summed E-state index contributed by atoms with van der Waals surface area (Å²) in [7, 11) is -4.02. The number of benzene rings is 2. The highest BCUT2D eigenvalue weighted by molar-refractivity contribution is 7.89. The molecule has 0 fully saturated rings. The summed E-state index contributed by atoms with van der Waals surface area (Å²) >= 11 is 5.60. The van der Waals surface area contributed by atoms with Gasteiger partial charge in [0.25, 0.3) is 0 Å². The first-order valence-corrected chi connectivity index (χ1v) is 7.54. The van der Waals surface area contributed by atoms with Gasteiger partial charge in [-0.05, 0) is 17.7 Å². The van der Waals surface area contributed by atoms with Crippen molar-refractivity contribution in [1.82, 2.24) is 4.72 Å². The van der Waals surface area contributed by atoms with Gasteiger partial charge in [-0.2, -0.15) is 0 Å². The van der Waals surface area contributed by atoms with Gasteiger partial charge in [-0.3, -0.25) is 0 Å². The minimum absolute atomic E-state index is 0.0506. The molecule has 0 unspecified atom stereocenters. The molecule has 0 saturated carbocycles. The minimum Gasteiger partial charge on any atom is -0.399 e. The molecular formula is C13H12ClFN2O2S. The molecular weight excluding hydrogens is 303 g/mol. The van der Waals surface area contributed by atoms with Crippen LogP contribution in [0.1, 0.15) is 5.56 Å². The zero-order chi connectivity index (χ0) is 14.8. The van der Waals surface area contributed by atoms with E-state index in [0.717, 1.165) is 17.7 Å². The van der Waals surface area contributed by atoms with Crippen LogP contribution >= 0.6 is 11.6 Å². The summed E-state index contributed by atoms with van der Waals surface area (Å²) in [6, 6.07) is 11.1. The summed E-state index contributed by atoms with van der Waals surface area (Å²) in [6.45, 7) is 0.0506. The maximum absolute atomic E-state index is 13.8. The van der Waals surface area contributed by atoms with E-state index in [-0.39, 0.29) is 17.3 Å². The highest BCUT2D eigenvalue weighted by atomic mass is 35.5. The zero-order valence-corrected chi connectivity index (χ0v) is 11.9. The first kappa shape index (κ1) is 14.8. The van der Waals surface area contributed by atoms with Crippen LogP contribution in [-0.4, -0.2) is 8.42 Å². The molecule has 3 N–H and O–H groups in total. The third-order valence-corrected chi connectivity index (χ3v) is 4.29. The summed E-state index contributed by atoms with van der Waals surface area (Å²) in [5.41, 5.74) is 6.33. The number of halogens is 2. The predicted octanol–water partition coefficient (Wildman–Crippen LogP) is 2.54. The lowest BCUT2D eigenvalue weighted by atomic mass is 10.2. The Hall–Kier alpha value is -1.63. The molecule has 0 aliphatic carbocycles. The number of nitrogens with one attached hydrogen (secondary N) is 1. The molecule has 106 valence electrons. The van der Waals surface area contributed by atoms with E-state index in [9.17, 15) is 12.8 Å². The smallest absolute Gasteiger partial charge is 0.243 e. The second kappa shape index (κ2) is 5.78. The number of hydrogen-bond donors (Lipinski definition) is 2. The minimum atomic E-state index is -4.02. The van der Waals surface area contributed by atoms with Crippen molar-refractivity contribution in [2.24, 2.45) is 0 Å². The molecule has 2 rings (SSSR count). The number of nitrogen functional groups attached to an aromatic ring is 1. The van der Waals surface area contributed by atoms with E-state index >= 15 is 0 Å². The van der Waals surface area contributed by atoms with Gasteiger partial charge >= 0.3 is 0 Å². The van der Waals surface area contributed by atoms with E-state index in [1.54, 1.807) is 24.3 Å². The van der Waals surface area contributed by atoms with Crippen molar-refractivity contribution in [3.8, 4) is 0 Å². The van der Waals surface area contributed by atoms with Gasteiger partial charge in [0.15, 0.2) is 5.82 Å². The standard InChI is InChI=1S/C13H12ClFN2O2S/c14-11-6-10(16)7-12(13(11)15)20(18,19)17-8-9-4-2-1-3-5-9/h1-7,17H,8,16H2. The molecule has 0 atom stereocenters. The predicted molar refractivity (Wildman–Crippen MR) is 76.3 cm³/mol. The Kier molecular flexibility index (Phi) is 4.27. The number of rotatable bonds is 4. The average Bonchev–Trinajstić information content (AvgIpc) is 2.42. The molecule has 0 aromatic heterocycles. The van der Waals surface area contributed by atoms with Crippen LogP contribution in [0.2, 0.25) is 5.02 Å². The SMILES string of the molecule is Nc1cc(Cl)c(F)c(S(=O)(=O)NCc2ccccc2)c1. The van der Waals surface area contributed by atoms with Crippen molar-refractivity contribution in [2.45, 2.75) is 11.4 Å². The van der Waals surface area contributed by atoms with Crippen LogP contribution in [-0.2, 0) is 16.6 Å². The largest absolute Gasteiger partial charge is 0.399 e. The van der Waals surface area contributed by atoms with E-state index in [1.165, 1.54) is 0 Å². The van der Waals surface area contributed by atoms with Gasteiger partial charge in [-0.25, -0.2) is 17.5 Å². The molecule has 0 heterocycles. The van der Waals surface area contributed by atoms with Crippen LogP contribution in [0.25, 0.3) is 0 Å². The van der Waals surface area contributed by atoms with Crippen molar-refractivity contribution >= 4 is 27.3 Å². The third kappa shape index (κ3) is 3.27. The average molecular weight is 315 g/mol. The van der Waals surface area contributed by atoms with E-state index in [4.69, 9.17) is 17.3 Å². The Morgan fingerprint density at radius 3 is 2.50 bits per heavy atom. The van der Waals surface area contributed by atoms with Gasteiger partial charge in [-0.15, -0.1) is 0 Å². The summed E-state index contributed by atoms with van der Waals surface area (Å²) < 4.78 is 40.2. The van der Waals surface area contributed by atoms with Gasteiger partial charge in [0.1, 0.15) is 4.90 Å². The quantitative estimate of drug-likeness (QED) is 0.852. The lowest BCUT2D eigenvalue weighted by molar-refractivity contribution is 0.557. The zero-order valence-electron chi connectivity index (χ0n) is 10.3. The Bertz CT molecular complexity index is 721. The third-order valence-electron chi connectivity index (χ3n) is 2.62. The van der Waals surface area contributed by atoms with Crippen molar-refractivity contribution < 1.29 is 12.8 Å². The van der Waals surface area contributed by atoms with Gasteiger partial charge in [0.05, 0.1) is 5.02 Å². The van der Waals surface area contributed by atoms with Crippen LogP contribution in [0.5, 0.6) is 0 Å². The summed E-state index contributed by atoms with van der Waals surface area (Å²) in [6.07, 6.45) is 0. The first-order valence-electron chi connectivity index (χ1n) is 5.68. The normalized spacial score (nSPS) is 11.5. The number of nitrogens with two attached hydrogens (primary N) is 1. The molecule has 0 saturated heterocycles. The van der Waals surface area contributed by atoms with Gasteiger partial charge < -0.3 is 5.73 Å². The fourth-order valence-corrected chi connectivity index (χ4v) is 3.06. The van der Waals surface area contributed by atoms with E-state index in [2.05, 4.69) is 4.72 Å². The van der Waals surface area contributed by atoms with Crippen LogP contribution in [0.3, 0.4) is 0 Å². The van der Waals surface area contributed by atoms with E-state index in [1.807, 2.05) is 6.07 Å². The van der Waals surface area contributed by atoms with Crippen molar-refractivity contribution in [1.29, 1.82) is 0 Å². The molecule has 20 heavy (non-hydrogen) atoms. The molecule has 0 amide bonds. The Balaban J connectivity index is 2.27. The Labute approximate surface area is 121 Å². The molecule has 0 spiro atoms. The van der Waals surface area contributed by atoms with Crippen molar-refractivity contribution in [2.75, 3.05) is 5.73 Å². The number of anilines is 1. The van der Waals surface area contributed by atoms with Gasteiger partial charge in [0, 0.05) is 12.2 Å². The van der Waals surface area contributed by atoms with Gasteiger partial charge in [0.2, 0.25) is 10.0 Å². The van der Waals surface area contributed by atoms with Gasteiger partial charge in [-0.1, -0.05) is 41.9 Å². The van der Waals surface area contributed by atoms with Crippen LogP contribution in [0.15, 0.2) is 47.4 Å². The lowest BCUT2D eigenvalue weighted by Gasteiger charge is -2.09. The maximum atomic E-state index is 13.8. The first-order chi connectivity index (χ1) is 9.40. The molecule has 7 heteroatoms. The van der Waals surface area contributed by atoms with Crippen molar-refractivity contribution in [3.05, 3.63) is 58.9 Å². The van der Waals surface area contributed by atoms with Crippen LogP contribution in [0.4, 0.5) is 10.1 Å². The molecule has 2 aromatic carbocycles. The summed E-state index contributed by atoms with van der Waals surface area (Å²) in [5.74, 6) is -1.01. The number of hydrogen-bond acceptors (Lipinski definition) is 3. The molecule has 2 aromatic rings. The summed E-state index contributed by atoms with van der Waals surface area (Å²) in [5, 5.41) is -0.329. The topological polar surface area (TPSA) is 72.2 Å². The second-order valence-electron chi connectivity index (χ2n) is 4.12. The maximum Gasteiger partial charge on any atom is 0.243 e. The fraction of sp³-hybridized carbons (Fsp3) is 0.0769. The Morgan fingerprint density at radius 2 is 1.85 bits per heavy atom. The lowest BCUT2D eigenvalue weighted by Crippen LogP contribution is -2.24. The van der Waals surface area contributed by atoms with Crippen molar-refractivity contribution in [3.63, 3.8) is 0 Å². The van der Waals surface area contributed by atoms with E-state index < -0.39 is 20.7 Å². The molecule has 0 radical (unpaired) electrons. The highest BCUT2D eigenvalue weighted by Gasteiger charge is 2.21. The Morgan fingerprint density at radius 1 is 1.20 bits per heavy atom. The highest BCUT2D eigenvalue weighted by Crippen LogP contribution is 2.25. The second-order valence-corrected chi connectivity index (χ2v) is 6.27. The molecule has 0 aliphatic heterocycles. The number of sulfonamides is 1. The van der Waals surface area contributed by atoms with Crippen LogP contribution in [0, 0.1) is 5.82 Å². The molecule has 0 bridgehead atoms. The molecule has 0 aliphatic rings.